The van der Waals surface area contributed by atoms with Crippen molar-refractivity contribution >= 4 is 5.91 Å². The number of likely N-dealkylation sites (tertiary alicyclic amines) is 1. The van der Waals surface area contributed by atoms with Crippen LogP contribution < -0.4 is 10.4 Å². The van der Waals surface area contributed by atoms with Crippen molar-refractivity contribution in [2.45, 2.75) is 25.1 Å². The number of methoxy groups -OCH3 is 1. The lowest BCUT2D eigenvalue weighted by molar-refractivity contribution is -0.147. The molecule has 27 heavy (non-hydrogen) atoms. The highest BCUT2D eigenvalue weighted by Gasteiger charge is 2.39. The van der Waals surface area contributed by atoms with Crippen LogP contribution in [0.15, 0.2) is 29.1 Å². The van der Waals surface area contributed by atoms with Gasteiger partial charge >= 0.3 is 11.9 Å². The smallest absolute Gasteiger partial charge is 0.451 e. The zero-order valence-electron chi connectivity index (χ0n) is 14.9. The maximum absolute atomic E-state index is 12.9. The highest BCUT2D eigenvalue weighted by atomic mass is 19.4. The number of nitrogens with zero attached hydrogens (tertiary/aromatic N) is 4. The Bertz CT molecular complexity index is 878. The third-order valence-electron chi connectivity index (χ3n) is 4.69. The summed E-state index contributed by atoms with van der Waals surface area (Å²) in [6.07, 6.45) is -3.98. The van der Waals surface area contributed by atoms with Crippen LogP contribution in [0.3, 0.4) is 0 Å². The van der Waals surface area contributed by atoms with Gasteiger partial charge in [-0.2, -0.15) is 13.2 Å². The number of aromatic nitrogens is 3. The van der Waals surface area contributed by atoms with Crippen molar-refractivity contribution in [2.75, 3.05) is 20.2 Å². The maximum Gasteiger partial charge on any atom is 0.451 e. The number of ether oxygens (including phenoxy) is 1. The number of carbonyl (C=O) groups excluding carboxylic acids is 1. The first kappa shape index (κ1) is 19.0. The van der Waals surface area contributed by atoms with E-state index in [1.54, 1.807) is 29.2 Å². The van der Waals surface area contributed by atoms with Gasteiger partial charge in [0.15, 0.2) is 0 Å². The van der Waals surface area contributed by atoms with Crippen molar-refractivity contribution in [1.82, 2.24) is 19.2 Å². The van der Waals surface area contributed by atoms with Gasteiger partial charge < -0.3 is 9.64 Å². The minimum Gasteiger partial charge on any atom is -0.497 e. The molecular formula is C17H19F3N4O3. The Morgan fingerprint density at radius 1 is 1.19 bits per heavy atom. The molecule has 1 amide bonds. The molecule has 0 N–H and O–H groups in total. The SMILES string of the molecule is COc1ccc(C(=O)N2CCC(n3nc(C(F)(F)F)n(C)c3=O)CC2)cc1. The summed E-state index contributed by atoms with van der Waals surface area (Å²) in [4.78, 5) is 26.3. The molecule has 0 unspecified atom stereocenters. The lowest BCUT2D eigenvalue weighted by Gasteiger charge is -2.31. The van der Waals surface area contributed by atoms with Crippen LogP contribution in [-0.4, -0.2) is 45.4 Å². The van der Waals surface area contributed by atoms with Crippen LogP contribution in [0.25, 0.3) is 0 Å². The van der Waals surface area contributed by atoms with E-state index in [0.29, 0.717) is 41.8 Å². The molecule has 0 atom stereocenters. The van der Waals surface area contributed by atoms with Crippen molar-refractivity contribution in [3.8, 4) is 5.75 Å². The van der Waals surface area contributed by atoms with Gasteiger partial charge in [-0.15, -0.1) is 5.10 Å². The van der Waals surface area contributed by atoms with Crippen LogP contribution in [0.4, 0.5) is 13.2 Å². The monoisotopic (exact) mass is 384 g/mol. The number of alkyl halides is 3. The molecule has 1 aliphatic rings. The maximum atomic E-state index is 12.9. The summed E-state index contributed by atoms with van der Waals surface area (Å²) in [5.74, 6) is -0.745. The molecule has 0 spiro atoms. The fourth-order valence-corrected chi connectivity index (χ4v) is 3.17. The second-order valence-electron chi connectivity index (χ2n) is 6.36. The number of hydrogen-bond donors (Lipinski definition) is 0. The van der Waals surface area contributed by atoms with Crippen molar-refractivity contribution in [3.05, 3.63) is 46.1 Å². The van der Waals surface area contributed by atoms with E-state index in [2.05, 4.69) is 5.10 Å². The average Bonchev–Trinajstić information content (AvgIpc) is 2.97. The molecule has 146 valence electrons. The Labute approximate surface area is 152 Å². The van der Waals surface area contributed by atoms with Gasteiger partial charge in [0.2, 0.25) is 5.82 Å². The van der Waals surface area contributed by atoms with E-state index in [1.165, 1.54) is 7.11 Å². The Kier molecular flexibility index (Phi) is 4.99. The van der Waals surface area contributed by atoms with Gasteiger partial charge in [0, 0.05) is 25.7 Å². The highest BCUT2D eigenvalue weighted by molar-refractivity contribution is 5.94. The van der Waals surface area contributed by atoms with Crippen molar-refractivity contribution < 1.29 is 22.7 Å². The van der Waals surface area contributed by atoms with E-state index in [0.717, 1.165) is 11.7 Å². The molecule has 0 saturated carbocycles. The number of amides is 1. The van der Waals surface area contributed by atoms with Gasteiger partial charge in [0.1, 0.15) is 5.75 Å². The number of carbonyl (C=O) groups is 1. The van der Waals surface area contributed by atoms with E-state index in [9.17, 15) is 22.8 Å². The minimum absolute atomic E-state index is 0.166. The van der Waals surface area contributed by atoms with E-state index in [-0.39, 0.29) is 5.91 Å². The summed E-state index contributed by atoms with van der Waals surface area (Å²) >= 11 is 0. The topological polar surface area (TPSA) is 69.4 Å². The van der Waals surface area contributed by atoms with Crippen LogP contribution in [-0.2, 0) is 13.2 Å². The molecule has 0 bridgehead atoms. The standard InChI is InChI=1S/C17H19F3N4O3/c1-22-15(17(18,19)20)21-24(16(22)26)12-7-9-23(10-8-12)14(25)11-3-5-13(27-2)6-4-11/h3-6,12H,7-10H2,1-2H3. The summed E-state index contributed by atoms with van der Waals surface area (Å²) in [6.45, 7) is 0.666. The molecule has 1 fully saturated rings. The highest BCUT2D eigenvalue weighted by Crippen LogP contribution is 2.28. The van der Waals surface area contributed by atoms with Crippen LogP contribution in [0, 0.1) is 0 Å². The van der Waals surface area contributed by atoms with Crippen LogP contribution in [0.2, 0.25) is 0 Å². The average molecular weight is 384 g/mol. The summed E-state index contributed by atoms with van der Waals surface area (Å²) in [5.41, 5.74) is -0.300. The fraction of sp³-hybridized carbons (Fsp3) is 0.471. The summed E-state index contributed by atoms with van der Waals surface area (Å²) in [5, 5.41) is 3.48. The number of benzene rings is 1. The Hall–Kier alpha value is -2.78. The second-order valence-corrected chi connectivity index (χ2v) is 6.36. The molecule has 2 aromatic rings. The molecule has 0 radical (unpaired) electrons. The first-order valence-electron chi connectivity index (χ1n) is 8.38. The quantitative estimate of drug-likeness (QED) is 0.813. The van der Waals surface area contributed by atoms with E-state index in [1.807, 2.05) is 0 Å². The second kappa shape index (κ2) is 7.09. The molecule has 3 rings (SSSR count). The first-order chi connectivity index (χ1) is 12.7. The van der Waals surface area contributed by atoms with Crippen molar-refractivity contribution in [3.63, 3.8) is 0 Å². The zero-order valence-corrected chi connectivity index (χ0v) is 14.9. The van der Waals surface area contributed by atoms with Gasteiger partial charge in [0.25, 0.3) is 5.91 Å². The van der Waals surface area contributed by atoms with Crippen LogP contribution in [0.5, 0.6) is 5.75 Å². The molecule has 10 heteroatoms. The normalized spacial score (nSPS) is 15.8. The molecular weight excluding hydrogens is 365 g/mol. The lowest BCUT2D eigenvalue weighted by Crippen LogP contribution is -2.41. The third kappa shape index (κ3) is 3.69. The summed E-state index contributed by atoms with van der Waals surface area (Å²) in [6, 6.07) is 6.22. The van der Waals surface area contributed by atoms with E-state index < -0.39 is 23.7 Å². The van der Waals surface area contributed by atoms with E-state index >= 15 is 0 Å². The number of piperidine rings is 1. The molecule has 1 saturated heterocycles. The molecule has 1 aromatic carbocycles. The Balaban J connectivity index is 1.70. The van der Waals surface area contributed by atoms with Gasteiger partial charge in [-0.25, -0.2) is 9.48 Å². The van der Waals surface area contributed by atoms with Gasteiger partial charge in [-0.1, -0.05) is 0 Å². The summed E-state index contributed by atoms with van der Waals surface area (Å²) in [7, 11) is 2.59. The van der Waals surface area contributed by atoms with Crippen molar-refractivity contribution in [1.29, 1.82) is 0 Å². The summed E-state index contributed by atoms with van der Waals surface area (Å²) < 4.78 is 45.2. The lowest BCUT2D eigenvalue weighted by atomic mass is 10.0. The largest absolute Gasteiger partial charge is 0.497 e. The Morgan fingerprint density at radius 2 is 1.78 bits per heavy atom. The van der Waals surface area contributed by atoms with Gasteiger partial charge in [-0.3, -0.25) is 9.36 Å². The first-order valence-corrected chi connectivity index (χ1v) is 8.38. The zero-order chi connectivity index (χ0) is 19.8. The number of hydrogen-bond acceptors (Lipinski definition) is 4. The van der Waals surface area contributed by atoms with Crippen LogP contribution >= 0.6 is 0 Å². The number of halogens is 3. The van der Waals surface area contributed by atoms with Crippen molar-refractivity contribution in [2.24, 2.45) is 7.05 Å². The molecule has 1 aromatic heterocycles. The molecule has 1 aliphatic heterocycles. The number of rotatable bonds is 3. The predicted molar refractivity (Wildman–Crippen MR) is 89.6 cm³/mol. The molecule has 7 nitrogen and oxygen atoms in total. The molecule has 0 aliphatic carbocycles. The minimum atomic E-state index is -4.69. The van der Waals surface area contributed by atoms with Gasteiger partial charge in [0.05, 0.1) is 13.2 Å². The molecule has 2 heterocycles. The Morgan fingerprint density at radius 3 is 2.26 bits per heavy atom. The third-order valence-corrected chi connectivity index (χ3v) is 4.69. The van der Waals surface area contributed by atoms with Crippen LogP contribution in [0.1, 0.15) is 35.1 Å². The predicted octanol–water partition coefficient (Wildman–Crippen LogP) is 2.09. The van der Waals surface area contributed by atoms with E-state index in [4.69, 9.17) is 4.74 Å². The fourth-order valence-electron chi connectivity index (χ4n) is 3.17. The van der Waals surface area contributed by atoms with Gasteiger partial charge in [-0.05, 0) is 37.1 Å².